The Kier molecular flexibility index (Phi) is 4.84. The fourth-order valence-electron chi connectivity index (χ4n) is 2.27. The second kappa shape index (κ2) is 6.44. The molecule has 2 amide bonds. The summed E-state index contributed by atoms with van der Waals surface area (Å²) in [7, 11) is -3.19. The lowest BCUT2D eigenvalue weighted by molar-refractivity contribution is 0.214. The lowest BCUT2D eigenvalue weighted by Gasteiger charge is -2.21. The third-order valence-corrected chi connectivity index (χ3v) is 4.82. The van der Waals surface area contributed by atoms with Gasteiger partial charge in [0.1, 0.15) is 0 Å². The molecule has 0 radical (unpaired) electrons. The third-order valence-electron chi connectivity index (χ3n) is 3.51. The largest absolute Gasteiger partial charge is 0.323 e. The summed E-state index contributed by atoms with van der Waals surface area (Å²) in [5.41, 5.74) is 1.88. The predicted octanol–water partition coefficient (Wildman–Crippen LogP) is 1.49. The first-order chi connectivity index (χ1) is 9.86. The van der Waals surface area contributed by atoms with Gasteiger partial charge in [0.2, 0.25) is 10.0 Å². The molecule has 1 N–H and O–H groups in total. The fraction of sp³-hybridized carbons (Fsp3) is 0.500. The highest BCUT2D eigenvalue weighted by Gasteiger charge is 2.23. The monoisotopic (exact) mass is 311 g/mol. The van der Waals surface area contributed by atoms with Crippen LogP contribution in [0, 0.1) is 6.92 Å². The van der Waals surface area contributed by atoms with Crippen LogP contribution in [0.5, 0.6) is 0 Å². The van der Waals surface area contributed by atoms with Crippen LogP contribution in [0.3, 0.4) is 0 Å². The number of aryl methyl sites for hydroxylation is 1. The van der Waals surface area contributed by atoms with Gasteiger partial charge in [-0.25, -0.2) is 17.5 Å². The van der Waals surface area contributed by atoms with E-state index in [2.05, 4.69) is 5.32 Å². The molecule has 6 nitrogen and oxygen atoms in total. The Bertz CT molecular complexity index is 598. The quantitative estimate of drug-likeness (QED) is 0.900. The molecule has 0 bridgehead atoms. The van der Waals surface area contributed by atoms with Gasteiger partial charge in [-0.15, -0.1) is 0 Å². The Hall–Kier alpha value is -1.60. The zero-order valence-corrected chi connectivity index (χ0v) is 13.2. The van der Waals surface area contributed by atoms with Crippen molar-refractivity contribution in [2.45, 2.75) is 13.3 Å². The molecule has 1 aromatic rings. The molecule has 1 aliphatic rings. The minimum Gasteiger partial charge on any atom is -0.323 e. The average molecular weight is 311 g/mol. The first-order valence-corrected chi connectivity index (χ1v) is 8.79. The number of urea groups is 1. The summed E-state index contributed by atoms with van der Waals surface area (Å²) in [5.74, 6) is 0. The number of rotatable bonds is 2. The van der Waals surface area contributed by atoms with E-state index in [0.29, 0.717) is 32.6 Å². The molecule has 0 aromatic heterocycles. The van der Waals surface area contributed by atoms with Gasteiger partial charge in [0.05, 0.1) is 6.26 Å². The number of anilines is 1. The third kappa shape index (κ3) is 4.44. The molecule has 0 aliphatic carbocycles. The molecular formula is C14H21N3O3S. The van der Waals surface area contributed by atoms with E-state index in [1.54, 1.807) is 4.90 Å². The van der Waals surface area contributed by atoms with Crippen molar-refractivity contribution in [3.05, 3.63) is 29.8 Å². The maximum Gasteiger partial charge on any atom is 0.321 e. The fourth-order valence-corrected chi connectivity index (χ4v) is 3.14. The van der Waals surface area contributed by atoms with Crippen molar-refractivity contribution < 1.29 is 13.2 Å². The highest BCUT2D eigenvalue weighted by molar-refractivity contribution is 7.88. The van der Waals surface area contributed by atoms with E-state index < -0.39 is 10.0 Å². The highest BCUT2D eigenvalue weighted by Crippen LogP contribution is 2.12. The predicted molar refractivity (Wildman–Crippen MR) is 82.8 cm³/mol. The maximum absolute atomic E-state index is 12.2. The minimum atomic E-state index is -3.19. The molecule has 0 unspecified atom stereocenters. The molecule has 1 aliphatic heterocycles. The molecule has 0 saturated carbocycles. The standard InChI is InChI=1S/C14H21N3O3S/c1-12-4-6-13(7-5-12)15-14(18)16-8-3-9-17(11-10-16)21(2,19)20/h4-7H,3,8-11H2,1-2H3,(H,15,18). The Morgan fingerprint density at radius 1 is 1.10 bits per heavy atom. The Morgan fingerprint density at radius 3 is 2.38 bits per heavy atom. The number of carbonyl (C=O) groups is 1. The molecule has 116 valence electrons. The van der Waals surface area contributed by atoms with Crippen LogP contribution < -0.4 is 5.32 Å². The molecule has 1 fully saturated rings. The molecule has 21 heavy (non-hydrogen) atoms. The maximum atomic E-state index is 12.2. The summed E-state index contributed by atoms with van der Waals surface area (Å²) in [4.78, 5) is 13.9. The van der Waals surface area contributed by atoms with E-state index in [9.17, 15) is 13.2 Å². The van der Waals surface area contributed by atoms with Crippen LogP contribution >= 0.6 is 0 Å². The molecular weight excluding hydrogens is 290 g/mol. The number of nitrogens with one attached hydrogen (secondary N) is 1. The Morgan fingerprint density at radius 2 is 1.76 bits per heavy atom. The van der Waals surface area contributed by atoms with Crippen molar-refractivity contribution in [2.75, 3.05) is 37.8 Å². The summed E-state index contributed by atoms with van der Waals surface area (Å²) in [6.45, 7) is 3.77. The smallest absolute Gasteiger partial charge is 0.321 e. The summed E-state index contributed by atoms with van der Waals surface area (Å²) in [5, 5.41) is 2.84. The summed E-state index contributed by atoms with van der Waals surface area (Å²) >= 11 is 0. The van der Waals surface area contributed by atoms with Gasteiger partial charge < -0.3 is 10.2 Å². The van der Waals surface area contributed by atoms with Crippen LogP contribution in [0.1, 0.15) is 12.0 Å². The number of sulfonamides is 1. The molecule has 2 rings (SSSR count). The van der Waals surface area contributed by atoms with Gasteiger partial charge in [-0.05, 0) is 25.5 Å². The Labute approximate surface area is 125 Å². The van der Waals surface area contributed by atoms with Gasteiger partial charge >= 0.3 is 6.03 Å². The van der Waals surface area contributed by atoms with Gasteiger partial charge in [-0.2, -0.15) is 0 Å². The zero-order chi connectivity index (χ0) is 15.5. The second-order valence-electron chi connectivity index (χ2n) is 5.30. The van der Waals surface area contributed by atoms with Gasteiger partial charge in [0.15, 0.2) is 0 Å². The van der Waals surface area contributed by atoms with E-state index in [1.807, 2.05) is 31.2 Å². The second-order valence-corrected chi connectivity index (χ2v) is 7.28. The van der Waals surface area contributed by atoms with Crippen molar-refractivity contribution in [2.24, 2.45) is 0 Å². The number of nitrogens with zero attached hydrogens (tertiary/aromatic N) is 2. The molecule has 1 aromatic carbocycles. The van der Waals surface area contributed by atoms with Crippen molar-refractivity contribution in [3.63, 3.8) is 0 Å². The van der Waals surface area contributed by atoms with Crippen molar-refractivity contribution >= 4 is 21.7 Å². The topological polar surface area (TPSA) is 69.7 Å². The van der Waals surface area contributed by atoms with Gasteiger partial charge in [-0.1, -0.05) is 17.7 Å². The average Bonchev–Trinajstić information content (AvgIpc) is 2.67. The minimum absolute atomic E-state index is 0.186. The summed E-state index contributed by atoms with van der Waals surface area (Å²) < 4.78 is 24.5. The Balaban J connectivity index is 1.95. The van der Waals surface area contributed by atoms with E-state index in [-0.39, 0.29) is 6.03 Å². The van der Waals surface area contributed by atoms with Crippen LogP contribution in [-0.2, 0) is 10.0 Å². The zero-order valence-electron chi connectivity index (χ0n) is 12.4. The van der Waals surface area contributed by atoms with Crippen molar-refractivity contribution in [1.82, 2.24) is 9.21 Å². The number of carbonyl (C=O) groups excluding carboxylic acids is 1. The first-order valence-electron chi connectivity index (χ1n) is 6.94. The molecule has 0 atom stereocenters. The number of amides is 2. The number of hydrogen-bond acceptors (Lipinski definition) is 3. The molecule has 1 heterocycles. The van der Waals surface area contributed by atoms with Gasteiger partial charge in [-0.3, -0.25) is 0 Å². The van der Waals surface area contributed by atoms with E-state index in [1.165, 1.54) is 10.6 Å². The van der Waals surface area contributed by atoms with Crippen LogP contribution in [-0.4, -0.2) is 56.1 Å². The van der Waals surface area contributed by atoms with E-state index in [4.69, 9.17) is 0 Å². The van der Waals surface area contributed by atoms with Crippen LogP contribution in [0.4, 0.5) is 10.5 Å². The number of hydrogen-bond donors (Lipinski definition) is 1. The summed E-state index contributed by atoms with van der Waals surface area (Å²) in [6, 6.07) is 7.39. The molecule has 1 saturated heterocycles. The molecule has 7 heteroatoms. The van der Waals surface area contributed by atoms with Crippen LogP contribution in [0.25, 0.3) is 0 Å². The van der Waals surface area contributed by atoms with E-state index >= 15 is 0 Å². The van der Waals surface area contributed by atoms with E-state index in [0.717, 1.165) is 11.3 Å². The van der Waals surface area contributed by atoms with Crippen molar-refractivity contribution in [1.29, 1.82) is 0 Å². The number of benzene rings is 1. The lowest BCUT2D eigenvalue weighted by Crippen LogP contribution is -2.39. The lowest BCUT2D eigenvalue weighted by atomic mass is 10.2. The SMILES string of the molecule is Cc1ccc(NC(=O)N2CCCN(S(C)(=O)=O)CC2)cc1. The van der Waals surface area contributed by atoms with Crippen molar-refractivity contribution in [3.8, 4) is 0 Å². The normalized spacial score (nSPS) is 17.3. The van der Waals surface area contributed by atoms with Crippen LogP contribution in [0.2, 0.25) is 0 Å². The molecule has 0 spiro atoms. The first kappa shape index (κ1) is 15.8. The van der Waals surface area contributed by atoms with Crippen LogP contribution in [0.15, 0.2) is 24.3 Å². The van der Waals surface area contributed by atoms with Gasteiger partial charge in [0, 0.05) is 31.9 Å². The highest BCUT2D eigenvalue weighted by atomic mass is 32.2. The summed E-state index contributed by atoms with van der Waals surface area (Å²) in [6.07, 6.45) is 1.85. The van der Waals surface area contributed by atoms with Gasteiger partial charge in [0.25, 0.3) is 0 Å².